The standard InChI is InChI=1S/C34H43N3O6S/c1-22(15-26(38)19-28-20-35-33(44-28)37-13-6-14-37)32(41)36-29(17-24-9-11-27(42-3)12-10-24)30(39)18-25(16-23-7-4-5-8-23)31(40)34(2)21-43-34/h7,9-12,20,22,25,29H,4-6,8,13-19,21H2,1-3H3,(H,36,41). The number of allylic oxidation sites excluding steroid dienone is 2. The lowest BCUT2D eigenvalue weighted by Crippen LogP contribution is -2.46. The van der Waals surface area contributed by atoms with Crippen LogP contribution >= 0.6 is 11.3 Å². The minimum atomic E-state index is -0.838. The van der Waals surface area contributed by atoms with E-state index < -0.39 is 23.5 Å². The van der Waals surface area contributed by atoms with Crippen molar-refractivity contribution in [1.29, 1.82) is 0 Å². The third-order valence-electron chi connectivity index (χ3n) is 8.89. The van der Waals surface area contributed by atoms with Gasteiger partial charge in [-0.25, -0.2) is 4.98 Å². The number of epoxide rings is 1. The molecule has 4 atom stereocenters. The molecule has 0 spiro atoms. The molecule has 1 aromatic carbocycles. The molecule has 0 bridgehead atoms. The van der Waals surface area contributed by atoms with Crippen molar-refractivity contribution in [3.05, 3.63) is 52.6 Å². The van der Waals surface area contributed by atoms with Crippen molar-refractivity contribution < 1.29 is 28.7 Å². The average Bonchev–Trinajstić information content (AvgIpc) is 3.31. The highest BCUT2D eigenvalue weighted by Gasteiger charge is 2.50. The molecule has 2 saturated heterocycles. The molecule has 3 aliphatic rings. The first-order valence-corrected chi connectivity index (χ1v) is 16.5. The van der Waals surface area contributed by atoms with Gasteiger partial charge in [-0.1, -0.05) is 30.7 Å². The van der Waals surface area contributed by atoms with Gasteiger partial charge in [0, 0.05) is 55.3 Å². The number of ether oxygens (including phenoxy) is 2. The number of nitrogens with one attached hydrogen (secondary N) is 1. The highest BCUT2D eigenvalue weighted by atomic mass is 32.1. The third kappa shape index (κ3) is 8.21. The van der Waals surface area contributed by atoms with Crippen LogP contribution < -0.4 is 15.0 Å². The number of carbonyl (C=O) groups is 4. The van der Waals surface area contributed by atoms with Crippen LogP contribution in [-0.2, 0) is 36.8 Å². The number of nitrogens with zero attached hydrogens (tertiary/aromatic N) is 2. The Balaban J connectivity index is 1.24. The van der Waals surface area contributed by atoms with Crippen molar-refractivity contribution in [2.24, 2.45) is 11.8 Å². The number of anilines is 1. The monoisotopic (exact) mass is 621 g/mol. The van der Waals surface area contributed by atoms with Gasteiger partial charge in [0.1, 0.15) is 17.1 Å². The fraction of sp³-hybridized carbons (Fsp3) is 0.559. The van der Waals surface area contributed by atoms with E-state index in [9.17, 15) is 19.2 Å². The van der Waals surface area contributed by atoms with Crippen LogP contribution in [0.25, 0.3) is 0 Å². The molecular weight excluding hydrogens is 578 g/mol. The Hall–Kier alpha value is -3.37. The van der Waals surface area contributed by atoms with E-state index in [0.717, 1.165) is 54.3 Å². The number of hydrogen-bond donors (Lipinski definition) is 1. The maximum atomic E-state index is 13.9. The number of ketones is 3. The Bertz CT molecular complexity index is 1390. The molecule has 2 fully saturated rings. The lowest BCUT2D eigenvalue weighted by Gasteiger charge is -2.30. The van der Waals surface area contributed by atoms with Crippen LogP contribution in [0.1, 0.15) is 69.2 Å². The van der Waals surface area contributed by atoms with Crippen LogP contribution in [0.3, 0.4) is 0 Å². The van der Waals surface area contributed by atoms with Gasteiger partial charge in [-0.15, -0.1) is 11.3 Å². The maximum absolute atomic E-state index is 13.9. The Morgan fingerprint density at radius 2 is 1.86 bits per heavy atom. The van der Waals surface area contributed by atoms with Gasteiger partial charge in [-0.3, -0.25) is 19.2 Å². The molecule has 1 aromatic heterocycles. The van der Waals surface area contributed by atoms with Crippen molar-refractivity contribution in [2.75, 3.05) is 31.7 Å². The second-order valence-corrected chi connectivity index (χ2v) is 13.7. The van der Waals surface area contributed by atoms with Gasteiger partial charge in [0.05, 0.1) is 19.8 Å². The summed E-state index contributed by atoms with van der Waals surface area (Å²) in [5.74, 6) is -1.07. The minimum Gasteiger partial charge on any atom is -0.497 e. The highest BCUT2D eigenvalue weighted by Crippen LogP contribution is 2.36. The molecule has 9 nitrogen and oxygen atoms in total. The molecule has 44 heavy (non-hydrogen) atoms. The van der Waals surface area contributed by atoms with Crippen LogP contribution in [0.2, 0.25) is 0 Å². The largest absolute Gasteiger partial charge is 0.497 e. The smallest absolute Gasteiger partial charge is 0.223 e. The van der Waals surface area contributed by atoms with E-state index in [1.54, 1.807) is 27.2 Å². The number of benzene rings is 1. The Morgan fingerprint density at radius 3 is 2.48 bits per heavy atom. The van der Waals surface area contributed by atoms with Crippen LogP contribution in [0.15, 0.2) is 42.1 Å². The zero-order chi connectivity index (χ0) is 31.3. The molecule has 4 unspecified atom stereocenters. The summed E-state index contributed by atoms with van der Waals surface area (Å²) in [6, 6.07) is 6.53. The number of amides is 1. The first-order valence-electron chi connectivity index (χ1n) is 15.7. The number of Topliss-reactive ketones (excluding diaryl/α,β-unsaturated/α-hetero) is 3. The van der Waals surface area contributed by atoms with Crippen molar-refractivity contribution in [3.8, 4) is 5.75 Å². The number of rotatable bonds is 17. The highest BCUT2D eigenvalue weighted by molar-refractivity contribution is 7.15. The number of carbonyl (C=O) groups excluding carboxylic acids is 4. The first kappa shape index (κ1) is 32.0. The normalized spacial score (nSPS) is 21.1. The molecular formula is C34H43N3O6S. The van der Waals surface area contributed by atoms with E-state index >= 15 is 0 Å². The molecule has 2 aliphatic heterocycles. The van der Waals surface area contributed by atoms with Crippen molar-refractivity contribution in [3.63, 3.8) is 0 Å². The number of hydrogen-bond acceptors (Lipinski definition) is 9. The zero-order valence-electron chi connectivity index (χ0n) is 25.9. The van der Waals surface area contributed by atoms with Gasteiger partial charge >= 0.3 is 0 Å². The second-order valence-electron chi connectivity index (χ2n) is 12.6. The summed E-state index contributed by atoms with van der Waals surface area (Å²) in [4.78, 5) is 61.1. The van der Waals surface area contributed by atoms with Crippen LogP contribution in [0.4, 0.5) is 5.13 Å². The predicted molar refractivity (Wildman–Crippen MR) is 169 cm³/mol. The van der Waals surface area contributed by atoms with Crippen LogP contribution in [-0.4, -0.2) is 66.7 Å². The maximum Gasteiger partial charge on any atom is 0.223 e. The number of thiazole rings is 1. The van der Waals surface area contributed by atoms with Gasteiger partial charge in [0.15, 0.2) is 16.7 Å². The molecule has 236 valence electrons. The van der Waals surface area contributed by atoms with E-state index in [2.05, 4.69) is 21.3 Å². The van der Waals surface area contributed by atoms with E-state index in [1.165, 1.54) is 16.9 Å². The van der Waals surface area contributed by atoms with E-state index in [-0.39, 0.29) is 48.9 Å². The molecule has 5 rings (SSSR count). The van der Waals surface area contributed by atoms with Crippen molar-refractivity contribution in [1.82, 2.24) is 10.3 Å². The second kappa shape index (κ2) is 14.2. The number of aromatic nitrogens is 1. The summed E-state index contributed by atoms with van der Waals surface area (Å²) in [6.45, 7) is 5.85. The van der Waals surface area contributed by atoms with Crippen molar-refractivity contribution in [2.45, 2.75) is 83.3 Å². The number of methoxy groups -OCH3 is 1. The van der Waals surface area contributed by atoms with Gasteiger partial charge in [-0.05, 0) is 63.1 Å². The lowest BCUT2D eigenvalue weighted by atomic mass is 9.83. The Morgan fingerprint density at radius 1 is 1.11 bits per heavy atom. The summed E-state index contributed by atoms with van der Waals surface area (Å²) in [7, 11) is 1.59. The predicted octanol–water partition coefficient (Wildman–Crippen LogP) is 4.66. The topological polar surface area (TPSA) is 118 Å². The molecule has 1 amide bonds. The van der Waals surface area contributed by atoms with Gasteiger partial charge < -0.3 is 19.7 Å². The van der Waals surface area contributed by atoms with E-state index in [0.29, 0.717) is 18.8 Å². The van der Waals surface area contributed by atoms with E-state index in [4.69, 9.17) is 9.47 Å². The fourth-order valence-electron chi connectivity index (χ4n) is 5.85. The molecule has 10 heteroatoms. The van der Waals surface area contributed by atoms with Crippen LogP contribution in [0.5, 0.6) is 5.75 Å². The first-order chi connectivity index (χ1) is 21.1. The SMILES string of the molecule is COc1ccc(CC(NC(=O)C(C)CC(=O)Cc2cnc(N3CCC3)s2)C(=O)CC(CC2=CCCC2)C(=O)C2(C)CO2)cc1. The van der Waals surface area contributed by atoms with Crippen LogP contribution in [0, 0.1) is 11.8 Å². The summed E-state index contributed by atoms with van der Waals surface area (Å²) >= 11 is 1.52. The molecule has 1 N–H and O–H groups in total. The zero-order valence-corrected chi connectivity index (χ0v) is 26.8. The molecule has 2 aromatic rings. The van der Waals surface area contributed by atoms with Crippen molar-refractivity contribution >= 4 is 39.7 Å². The minimum absolute atomic E-state index is 0.0221. The van der Waals surface area contributed by atoms with Gasteiger partial charge in [-0.2, -0.15) is 0 Å². The molecule has 1 aliphatic carbocycles. The molecule has 3 heterocycles. The van der Waals surface area contributed by atoms with Gasteiger partial charge in [0.2, 0.25) is 5.91 Å². The molecule has 0 radical (unpaired) electrons. The lowest BCUT2D eigenvalue weighted by molar-refractivity contribution is -0.134. The summed E-state index contributed by atoms with van der Waals surface area (Å²) < 4.78 is 10.7. The average molecular weight is 622 g/mol. The van der Waals surface area contributed by atoms with E-state index in [1.807, 2.05) is 24.3 Å². The quantitative estimate of drug-likeness (QED) is 0.200. The summed E-state index contributed by atoms with van der Waals surface area (Å²) in [6.07, 6.45) is 9.20. The fourth-order valence-corrected chi connectivity index (χ4v) is 6.84. The van der Waals surface area contributed by atoms with Gasteiger partial charge in [0.25, 0.3) is 0 Å². The Kier molecular flexibility index (Phi) is 10.3. The molecule has 0 saturated carbocycles. The summed E-state index contributed by atoms with van der Waals surface area (Å²) in [5.41, 5.74) is 1.23. The summed E-state index contributed by atoms with van der Waals surface area (Å²) in [5, 5.41) is 3.88. The Labute approximate surface area is 263 Å². The third-order valence-corrected chi connectivity index (χ3v) is 9.94.